The second kappa shape index (κ2) is 3.82. The van der Waals surface area contributed by atoms with E-state index in [1.807, 2.05) is 0 Å². The van der Waals surface area contributed by atoms with Crippen LogP contribution in [0.25, 0.3) is 10.8 Å². The van der Waals surface area contributed by atoms with E-state index >= 15 is 0 Å². The predicted octanol–water partition coefficient (Wildman–Crippen LogP) is 0.902. The van der Waals surface area contributed by atoms with Gasteiger partial charge in [-0.15, -0.1) is 0 Å². The minimum atomic E-state index is -0.0446. The van der Waals surface area contributed by atoms with Crippen LogP contribution in [0.3, 0.4) is 0 Å². The molecule has 1 heterocycles. The highest BCUT2D eigenvalue weighted by Gasteiger charge is 2.13. The first-order valence-electron chi connectivity index (χ1n) is 4.88. The molecule has 0 saturated carbocycles. The molecule has 1 aromatic carbocycles. The highest BCUT2D eigenvalue weighted by molar-refractivity contribution is 6.37. The van der Waals surface area contributed by atoms with E-state index in [1.165, 1.54) is 10.8 Å². The van der Waals surface area contributed by atoms with Crippen molar-refractivity contribution in [1.82, 2.24) is 4.57 Å². The molecule has 0 saturated heterocycles. The number of fused-ring (bicyclic) bond motifs is 1. The number of hydrazone groups is 1. The number of hydrogen-bond acceptors (Lipinski definition) is 5. The van der Waals surface area contributed by atoms with Gasteiger partial charge in [0.2, 0.25) is 11.8 Å². The molecule has 17 heavy (non-hydrogen) atoms. The second-order valence-electron chi connectivity index (χ2n) is 3.66. The predicted molar refractivity (Wildman–Crippen MR) is 65.8 cm³/mol. The van der Waals surface area contributed by atoms with E-state index in [1.54, 1.807) is 25.2 Å². The maximum absolute atomic E-state index is 9.79. The lowest BCUT2D eigenvalue weighted by Gasteiger charge is -1.98. The average Bonchev–Trinajstić information content (AvgIpc) is 2.55. The fourth-order valence-corrected chi connectivity index (χ4v) is 1.70. The van der Waals surface area contributed by atoms with Crippen molar-refractivity contribution in [3.05, 3.63) is 23.8 Å². The highest BCUT2D eigenvalue weighted by Crippen LogP contribution is 2.35. The number of aromatic nitrogens is 1. The van der Waals surface area contributed by atoms with Gasteiger partial charge in [-0.3, -0.25) is 9.98 Å². The van der Waals surface area contributed by atoms with Crippen LogP contribution in [0.4, 0.5) is 0 Å². The number of aromatic hydroxyl groups is 2. The third kappa shape index (κ3) is 1.59. The molecule has 0 fully saturated rings. The summed E-state index contributed by atoms with van der Waals surface area (Å²) in [5.74, 6) is 4.92. The summed E-state index contributed by atoms with van der Waals surface area (Å²) in [4.78, 5) is 0. The Morgan fingerprint density at radius 2 is 2.00 bits per heavy atom. The molecule has 0 aliphatic carbocycles. The van der Waals surface area contributed by atoms with Crippen molar-refractivity contribution < 1.29 is 10.2 Å². The molecule has 0 unspecified atom stereocenters. The smallest absolute Gasteiger partial charge is 0.201 e. The van der Waals surface area contributed by atoms with E-state index in [2.05, 4.69) is 5.10 Å². The van der Waals surface area contributed by atoms with Gasteiger partial charge in [-0.05, 0) is 12.1 Å². The summed E-state index contributed by atoms with van der Waals surface area (Å²) >= 11 is 0. The van der Waals surface area contributed by atoms with Crippen molar-refractivity contribution >= 4 is 22.7 Å². The summed E-state index contributed by atoms with van der Waals surface area (Å²) in [6.45, 7) is 0. The zero-order valence-electron chi connectivity index (χ0n) is 9.18. The summed E-state index contributed by atoms with van der Waals surface area (Å²) in [5, 5.41) is 31.4. The first kappa shape index (κ1) is 11.0. The van der Waals surface area contributed by atoms with Crippen LogP contribution in [0, 0.1) is 5.41 Å². The standard InChI is InChI=1S/C11H12N4O2/c1-15-10(16)7-3-2-6(9(12)5-14-13)4-8(7)11(15)17/h2-5,12,16-17H,13H2,1H3/b12-9?,14-5-. The molecule has 2 aromatic rings. The molecule has 0 radical (unpaired) electrons. The van der Waals surface area contributed by atoms with Crippen LogP contribution in [0.2, 0.25) is 0 Å². The monoisotopic (exact) mass is 232 g/mol. The molecular formula is C11H12N4O2. The number of nitrogens with one attached hydrogen (secondary N) is 1. The van der Waals surface area contributed by atoms with Crippen LogP contribution in [-0.2, 0) is 7.05 Å². The third-order valence-corrected chi connectivity index (χ3v) is 2.65. The van der Waals surface area contributed by atoms with Gasteiger partial charge in [0.05, 0.1) is 11.9 Å². The first-order valence-corrected chi connectivity index (χ1v) is 4.88. The van der Waals surface area contributed by atoms with E-state index in [0.717, 1.165) is 0 Å². The van der Waals surface area contributed by atoms with Gasteiger partial charge in [0, 0.05) is 23.4 Å². The molecule has 6 nitrogen and oxygen atoms in total. The molecule has 0 atom stereocenters. The molecular weight excluding hydrogens is 220 g/mol. The van der Waals surface area contributed by atoms with Crippen LogP contribution in [0.5, 0.6) is 11.8 Å². The second-order valence-corrected chi connectivity index (χ2v) is 3.66. The molecule has 1 aromatic heterocycles. The molecule has 0 bridgehead atoms. The zero-order chi connectivity index (χ0) is 12.6. The highest BCUT2D eigenvalue weighted by atomic mass is 16.3. The van der Waals surface area contributed by atoms with Crippen LogP contribution in [0.1, 0.15) is 5.56 Å². The summed E-state index contributed by atoms with van der Waals surface area (Å²) < 4.78 is 1.27. The van der Waals surface area contributed by atoms with Gasteiger partial charge in [-0.2, -0.15) is 5.10 Å². The quantitative estimate of drug-likeness (QED) is 0.351. The Kier molecular flexibility index (Phi) is 2.47. The van der Waals surface area contributed by atoms with Gasteiger partial charge in [-0.1, -0.05) is 6.07 Å². The molecule has 2 rings (SSSR count). The topological polar surface area (TPSA) is 108 Å². The molecule has 0 spiro atoms. The van der Waals surface area contributed by atoms with Crippen molar-refractivity contribution in [1.29, 1.82) is 5.41 Å². The largest absolute Gasteiger partial charge is 0.494 e. The van der Waals surface area contributed by atoms with Gasteiger partial charge in [0.15, 0.2) is 0 Å². The van der Waals surface area contributed by atoms with Crippen LogP contribution in [0.15, 0.2) is 23.3 Å². The molecule has 0 amide bonds. The number of rotatable bonds is 2. The Labute approximate surface area is 97.1 Å². The van der Waals surface area contributed by atoms with Crippen LogP contribution in [-0.4, -0.2) is 26.7 Å². The van der Waals surface area contributed by atoms with Crippen molar-refractivity contribution in [2.24, 2.45) is 18.0 Å². The Morgan fingerprint density at radius 3 is 2.65 bits per heavy atom. The van der Waals surface area contributed by atoms with Crippen molar-refractivity contribution in [2.75, 3.05) is 0 Å². The normalized spacial score (nSPS) is 11.4. The lowest BCUT2D eigenvalue weighted by molar-refractivity contribution is 0.391. The van der Waals surface area contributed by atoms with Crippen LogP contribution >= 0.6 is 0 Å². The summed E-state index contributed by atoms with van der Waals surface area (Å²) in [6.07, 6.45) is 1.21. The van der Waals surface area contributed by atoms with Crippen LogP contribution < -0.4 is 5.84 Å². The summed E-state index contributed by atoms with van der Waals surface area (Å²) in [6, 6.07) is 4.90. The fraction of sp³-hybridized carbons (Fsp3) is 0.0909. The summed E-state index contributed by atoms with van der Waals surface area (Å²) in [5.41, 5.74) is 0.699. The van der Waals surface area contributed by atoms with Crippen molar-refractivity contribution in [2.45, 2.75) is 0 Å². The zero-order valence-corrected chi connectivity index (χ0v) is 9.18. The lowest BCUT2D eigenvalue weighted by atomic mass is 10.1. The Bertz CT molecular complexity index is 628. The molecule has 88 valence electrons. The van der Waals surface area contributed by atoms with E-state index in [4.69, 9.17) is 11.3 Å². The van der Waals surface area contributed by atoms with E-state index in [-0.39, 0.29) is 17.5 Å². The van der Waals surface area contributed by atoms with Crippen molar-refractivity contribution in [3.8, 4) is 11.8 Å². The van der Waals surface area contributed by atoms with E-state index in [0.29, 0.717) is 16.3 Å². The third-order valence-electron chi connectivity index (χ3n) is 2.65. The van der Waals surface area contributed by atoms with Crippen molar-refractivity contribution in [3.63, 3.8) is 0 Å². The molecule has 0 aliphatic heterocycles. The Balaban J connectivity index is 2.66. The summed E-state index contributed by atoms with van der Waals surface area (Å²) in [7, 11) is 1.55. The Morgan fingerprint density at radius 1 is 1.35 bits per heavy atom. The van der Waals surface area contributed by atoms with Gasteiger partial charge < -0.3 is 16.1 Å². The maximum Gasteiger partial charge on any atom is 0.201 e. The molecule has 0 aliphatic rings. The van der Waals surface area contributed by atoms with Gasteiger partial charge >= 0.3 is 0 Å². The minimum absolute atomic E-state index is 0.0110. The number of hydrogen-bond donors (Lipinski definition) is 4. The van der Waals surface area contributed by atoms with Gasteiger partial charge in [0.25, 0.3) is 0 Å². The Hall–Kier alpha value is -2.50. The molecule has 5 N–H and O–H groups in total. The minimum Gasteiger partial charge on any atom is -0.494 e. The number of nitrogens with zero attached hydrogens (tertiary/aromatic N) is 2. The average molecular weight is 232 g/mol. The molecule has 6 heteroatoms. The first-order chi connectivity index (χ1) is 8.06. The maximum atomic E-state index is 9.79. The van der Waals surface area contributed by atoms with E-state index in [9.17, 15) is 10.2 Å². The SMILES string of the molecule is Cn1c(O)c2ccc(C(=N)/C=N\N)cc2c1O. The van der Waals surface area contributed by atoms with Gasteiger partial charge in [-0.25, -0.2) is 0 Å². The van der Waals surface area contributed by atoms with E-state index < -0.39 is 0 Å². The number of nitrogens with two attached hydrogens (primary N) is 1. The lowest BCUT2D eigenvalue weighted by Crippen LogP contribution is -2.01. The fourth-order valence-electron chi connectivity index (χ4n) is 1.70. The van der Waals surface area contributed by atoms with Gasteiger partial charge in [0.1, 0.15) is 0 Å². The number of benzene rings is 1.